The van der Waals surface area contributed by atoms with E-state index in [2.05, 4.69) is 31.3 Å². The molecule has 1 aliphatic heterocycles. The Balaban J connectivity index is 1.59. The largest absolute Gasteiger partial charge is 0.491 e. The molecule has 2 saturated carbocycles. The zero-order chi connectivity index (χ0) is 20.8. The number of aliphatic hydroxyl groups excluding tert-OH is 1. The molecule has 1 aromatic carbocycles. The van der Waals surface area contributed by atoms with Crippen molar-refractivity contribution in [2.75, 3.05) is 13.2 Å². The van der Waals surface area contributed by atoms with Gasteiger partial charge in [0, 0.05) is 19.1 Å². The molecule has 3 aliphatic rings. The fourth-order valence-corrected chi connectivity index (χ4v) is 6.46. The SMILES string of the molecule is CC(C)Oc1ccc([C@H]2OCC[C@@]34C[C@@H](C[C@H]23)C(C)(C)[C@H]4NC(=O)CCO)cc1. The molecule has 1 amide bonds. The van der Waals surface area contributed by atoms with Crippen molar-refractivity contribution < 1.29 is 19.4 Å². The predicted octanol–water partition coefficient (Wildman–Crippen LogP) is 3.85. The first-order chi connectivity index (χ1) is 13.8. The van der Waals surface area contributed by atoms with Crippen LogP contribution in [0.15, 0.2) is 24.3 Å². The third-order valence-electron chi connectivity index (χ3n) is 7.73. The van der Waals surface area contributed by atoms with Gasteiger partial charge in [0.15, 0.2) is 0 Å². The van der Waals surface area contributed by atoms with Crippen molar-refractivity contribution in [3.8, 4) is 5.75 Å². The van der Waals surface area contributed by atoms with Crippen LogP contribution in [0.25, 0.3) is 0 Å². The highest BCUT2D eigenvalue weighted by molar-refractivity contribution is 5.76. The number of carbonyl (C=O) groups excluding carboxylic acids is 1. The molecule has 1 spiro atoms. The topological polar surface area (TPSA) is 67.8 Å². The zero-order valence-corrected chi connectivity index (χ0v) is 18.1. The smallest absolute Gasteiger partial charge is 0.222 e. The Labute approximate surface area is 174 Å². The van der Waals surface area contributed by atoms with Gasteiger partial charge in [-0.05, 0) is 73.5 Å². The molecule has 4 rings (SSSR count). The third-order valence-corrected chi connectivity index (χ3v) is 7.73. The van der Waals surface area contributed by atoms with Crippen LogP contribution in [0.5, 0.6) is 5.75 Å². The number of fused-ring (bicyclic) bond motifs is 1. The standard InChI is InChI=1S/C24H35NO4/c1-15(2)29-18-7-5-16(6-8-18)21-19-13-17-14-24(19,10-12-28-21)22(23(17,3)4)25-20(27)9-11-26/h5-8,15,17,19,21-22,26H,9-14H2,1-4H3,(H,25,27)/t17-,19-,21-,22-,24-/m1/s1. The van der Waals surface area contributed by atoms with Gasteiger partial charge < -0.3 is 19.9 Å². The van der Waals surface area contributed by atoms with Crippen LogP contribution in [0.1, 0.15) is 65.0 Å². The fraction of sp³-hybridized carbons (Fsp3) is 0.708. The highest BCUT2D eigenvalue weighted by atomic mass is 16.5. The fourth-order valence-electron chi connectivity index (χ4n) is 6.46. The van der Waals surface area contributed by atoms with E-state index in [9.17, 15) is 9.90 Å². The number of amides is 1. The number of rotatable bonds is 6. The molecule has 5 atom stereocenters. The lowest BCUT2D eigenvalue weighted by Crippen LogP contribution is -2.59. The monoisotopic (exact) mass is 401 g/mol. The van der Waals surface area contributed by atoms with Crippen LogP contribution in [0.3, 0.4) is 0 Å². The first kappa shape index (κ1) is 20.7. The minimum Gasteiger partial charge on any atom is -0.491 e. The number of benzene rings is 1. The van der Waals surface area contributed by atoms with Crippen molar-refractivity contribution >= 4 is 5.91 Å². The van der Waals surface area contributed by atoms with Gasteiger partial charge in [-0.3, -0.25) is 4.79 Å². The summed E-state index contributed by atoms with van der Waals surface area (Å²) in [6, 6.07) is 8.48. The van der Waals surface area contributed by atoms with Crippen LogP contribution in [0.2, 0.25) is 0 Å². The summed E-state index contributed by atoms with van der Waals surface area (Å²) in [7, 11) is 0. The van der Waals surface area contributed by atoms with E-state index in [1.807, 2.05) is 26.0 Å². The average molecular weight is 402 g/mol. The molecule has 0 unspecified atom stereocenters. The van der Waals surface area contributed by atoms with Crippen LogP contribution in [-0.4, -0.2) is 36.4 Å². The zero-order valence-electron chi connectivity index (χ0n) is 18.1. The number of ether oxygens (including phenoxy) is 2. The van der Waals surface area contributed by atoms with Gasteiger partial charge in [-0.1, -0.05) is 26.0 Å². The Morgan fingerprint density at radius 2 is 2.03 bits per heavy atom. The Morgan fingerprint density at radius 3 is 2.69 bits per heavy atom. The normalized spacial score (nSPS) is 34.8. The molecule has 0 radical (unpaired) electrons. The van der Waals surface area contributed by atoms with Crippen molar-refractivity contribution in [2.45, 2.75) is 71.6 Å². The van der Waals surface area contributed by atoms with Crippen molar-refractivity contribution in [2.24, 2.45) is 22.7 Å². The van der Waals surface area contributed by atoms with Gasteiger partial charge in [-0.25, -0.2) is 0 Å². The lowest BCUT2D eigenvalue weighted by Gasteiger charge is -2.53. The maximum atomic E-state index is 12.4. The van der Waals surface area contributed by atoms with Crippen molar-refractivity contribution in [1.29, 1.82) is 0 Å². The second-order valence-corrected chi connectivity index (χ2v) is 10.0. The summed E-state index contributed by atoms with van der Waals surface area (Å²) < 4.78 is 12.1. The molecule has 29 heavy (non-hydrogen) atoms. The van der Waals surface area contributed by atoms with Crippen LogP contribution < -0.4 is 10.1 Å². The van der Waals surface area contributed by atoms with Gasteiger partial charge in [-0.2, -0.15) is 0 Å². The second kappa shape index (κ2) is 7.59. The minimum absolute atomic E-state index is 0.0375. The molecule has 2 aliphatic carbocycles. The van der Waals surface area contributed by atoms with Gasteiger partial charge in [-0.15, -0.1) is 0 Å². The summed E-state index contributed by atoms with van der Waals surface area (Å²) in [4.78, 5) is 12.4. The molecular formula is C24H35NO4. The molecule has 3 fully saturated rings. The Morgan fingerprint density at radius 1 is 1.31 bits per heavy atom. The average Bonchev–Trinajstić information content (AvgIpc) is 3.15. The number of hydrogen-bond donors (Lipinski definition) is 2. The molecule has 5 nitrogen and oxygen atoms in total. The van der Waals surface area contributed by atoms with Crippen molar-refractivity contribution in [1.82, 2.24) is 5.32 Å². The molecule has 2 N–H and O–H groups in total. The van der Waals surface area contributed by atoms with E-state index in [4.69, 9.17) is 9.47 Å². The van der Waals surface area contributed by atoms with Crippen LogP contribution >= 0.6 is 0 Å². The van der Waals surface area contributed by atoms with Crippen molar-refractivity contribution in [3.63, 3.8) is 0 Å². The van der Waals surface area contributed by atoms with Crippen LogP contribution in [0.4, 0.5) is 0 Å². The molecule has 1 heterocycles. The van der Waals surface area contributed by atoms with Gasteiger partial charge in [0.1, 0.15) is 5.75 Å². The lowest BCUT2D eigenvalue weighted by atomic mass is 9.59. The van der Waals surface area contributed by atoms with E-state index in [0.717, 1.165) is 31.6 Å². The van der Waals surface area contributed by atoms with E-state index < -0.39 is 0 Å². The van der Waals surface area contributed by atoms with E-state index in [-0.39, 0.29) is 48.0 Å². The molecular weight excluding hydrogens is 366 g/mol. The van der Waals surface area contributed by atoms with E-state index >= 15 is 0 Å². The first-order valence-corrected chi connectivity index (χ1v) is 11.1. The summed E-state index contributed by atoms with van der Waals surface area (Å²) in [5, 5.41) is 12.5. The second-order valence-electron chi connectivity index (χ2n) is 10.0. The molecule has 0 aromatic heterocycles. The Bertz CT molecular complexity index is 744. The third kappa shape index (κ3) is 3.46. The number of hydrogen-bond acceptors (Lipinski definition) is 4. The van der Waals surface area contributed by atoms with Crippen LogP contribution in [0, 0.1) is 22.7 Å². The van der Waals surface area contributed by atoms with Gasteiger partial charge in [0.2, 0.25) is 5.91 Å². The predicted molar refractivity (Wildman–Crippen MR) is 112 cm³/mol. The number of nitrogens with one attached hydrogen (secondary N) is 1. The Kier molecular flexibility index (Phi) is 5.41. The van der Waals surface area contributed by atoms with E-state index in [0.29, 0.717) is 11.8 Å². The summed E-state index contributed by atoms with van der Waals surface area (Å²) in [5.74, 6) is 1.84. The summed E-state index contributed by atoms with van der Waals surface area (Å²) in [6.45, 7) is 9.29. The highest BCUT2D eigenvalue weighted by Crippen LogP contribution is 2.70. The first-order valence-electron chi connectivity index (χ1n) is 11.1. The quantitative estimate of drug-likeness (QED) is 0.760. The maximum Gasteiger partial charge on any atom is 0.222 e. The summed E-state index contributed by atoms with van der Waals surface area (Å²) in [6.07, 6.45) is 3.70. The number of aliphatic hydroxyl groups is 1. The number of carbonyl (C=O) groups is 1. The van der Waals surface area contributed by atoms with Gasteiger partial charge in [0.05, 0.1) is 18.8 Å². The molecule has 1 saturated heterocycles. The van der Waals surface area contributed by atoms with Crippen LogP contribution in [-0.2, 0) is 9.53 Å². The Hall–Kier alpha value is -1.59. The molecule has 160 valence electrons. The molecule has 5 heteroatoms. The summed E-state index contributed by atoms with van der Waals surface area (Å²) in [5.41, 5.74) is 1.35. The van der Waals surface area contributed by atoms with E-state index in [1.54, 1.807) is 0 Å². The maximum absolute atomic E-state index is 12.4. The van der Waals surface area contributed by atoms with Gasteiger partial charge in [0.25, 0.3) is 0 Å². The highest BCUT2D eigenvalue weighted by Gasteiger charge is 2.68. The molecule has 2 bridgehead atoms. The minimum atomic E-state index is -0.102. The van der Waals surface area contributed by atoms with Gasteiger partial charge >= 0.3 is 0 Å². The molecule has 1 aromatic rings. The van der Waals surface area contributed by atoms with Crippen molar-refractivity contribution in [3.05, 3.63) is 29.8 Å². The summed E-state index contributed by atoms with van der Waals surface area (Å²) >= 11 is 0. The van der Waals surface area contributed by atoms with E-state index in [1.165, 1.54) is 5.56 Å². The lowest BCUT2D eigenvalue weighted by molar-refractivity contribution is -0.137.